The minimum atomic E-state index is -1.22. The molecule has 0 atom stereocenters. The molecule has 1 nitrogen and oxygen atoms in total. The lowest BCUT2D eigenvalue weighted by Gasteiger charge is -2.13. The zero-order valence-corrected chi connectivity index (χ0v) is 7.88. The third kappa shape index (κ3) is 3.36. The molecule has 2 heteroatoms. The summed E-state index contributed by atoms with van der Waals surface area (Å²) < 4.78 is 13.2. The SMILES string of the molecule is CC(C)(F)Cc1cccc(C=O)c1. The van der Waals surface area contributed by atoms with Gasteiger partial charge in [0.1, 0.15) is 12.0 Å². The molecule has 0 saturated heterocycles. The van der Waals surface area contributed by atoms with Crippen molar-refractivity contribution >= 4 is 6.29 Å². The standard InChI is InChI=1S/C11H13FO/c1-11(2,12)7-9-4-3-5-10(6-9)8-13/h3-6,8H,7H2,1-2H3. The summed E-state index contributed by atoms with van der Waals surface area (Å²) in [6.07, 6.45) is 1.11. The molecular formula is C11H13FO. The second-order valence-electron chi connectivity index (χ2n) is 3.76. The normalized spacial score (nSPS) is 11.3. The summed E-state index contributed by atoms with van der Waals surface area (Å²) in [4.78, 5) is 10.4. The fourth-order valence-corrected chi connectivity index (χ4v) is 1.26. The molecule has 0 saturated carbocycles. The molecule has 0 N–H and O–H groups in total. The van der Waals surface area contributed by atoms with Crippen LogP contribution in [0.4, 0.5) is 4.39 Å². The monoisotopic (exact) mass is 180 g/mol. The summed E-state index contributed by atoms with van der Waals surface area (Å²) in [6, 6.07) is 7.02. The summed E-state index contributed by atoms with van der Waals surface area (Å²) in [5.74, 6) is 0. The third-order valence-corrected chi connectivity index (χ3v) is 1.71. The number of halogens is 1. The Labute approximate surface area is 77.6 Å². The number of alkyl halides is 1. The zero-order chi connectivity index (χ0) is 9.90. The van der Waals surface area contributed by atoms with Crippen LogP contribution in [-0.4, -0.2) is 12.0 Å². The van der Waals surface area contributed by atoms with Gasteiger partial charge < -0.3 is 0 Å². The lowest BCUT2D eigenvalue weighted by Crippen LogP contribution is -2.15. The maximum absolute atomic E-state index is 13.2. The number of hydrogen-bond donors (Lipinski definition) is 0. The average molecular weight is 180 g/mol. The summed E-state index contributed by atoms with van der Waals surface area (Å²) in [5, 5.41) is 0. The Bertz CT molecular complexity index is 299. The van der Waals surface area contributed by atoms with Crippen LogP contribution in [0.15, 0.2) is 24.3 Å². The van der Waals surface area contributed by atoms with Crippen LogP contribution in [0, 0.1) is 0 Å². The van der Waals surface area contributed by atoms with E-state index in [0.717, 1.165) is 11.8 Å². The molecular weight excluding hydrogens is 167 g/mol. The van der Waals surface area contributed by atoms with Crippen LogP contribution in [-0.2, 0) is 6.42 Å². The van der Waals surface area contributed by atoms with Gasteiger partial charge in [0, 0.05) is 12.0 Å². The second kappa shape index (κ2) is 3.69. The first-order valence-corrected chi connectivity index (χ1v) is 4.24. The van der Waals surface area contributed by atoms with Crippen LogP contribution in [0.25, 0.3) is 0 Å². The van der Waals surface area contributed by atoms with E-state index in [4.69, 9.17) is 0 Å². The first-order chi connectivity index (χ1) is 6.01. The molecule has 70 valence electrons. The number of carbonyl (C=O) groups excluding carboxylic acids is 1. The van der Waals surface area contributed by atoms with E-state index >= 15 is 0 Å². The Balaban J connectivity index is 2.84. The van der Waals surface area contributed by atoms with E-state index in [1.165, 1.54) is 13.8 Å². The van der Waals surface area contributed by atoms with Crippen LogP contribution in [0.5, 0.6) is 0 Å². The number of carbonyl (C=O) groups is 1. The molecule has 0 radical (unpaired) electrons. The molecule has 0 aliphatic heterocycles. The van der Waals surface area contributed by atoms with E-state index in [-0.39, 0.29) is 0 Å². The summed E-state index contributed by atoms with van der Waals surface area (Å²) in [7, 11) is 0. The zero-order valence-electron chi connectivity index (χ0n) is 7.88. The lowest BCUT2D eigenvalue weighted by atomic mass is 9.99. The average Bonchev–Trinajstić information content (AvgIpc) is 2.01. The van der Waals surface area contributed by atoms with Crippen molar-refractivity contribution in [1.82, 2.24) is 0 Å². The molecule has 13 heavy (non-hydrogen) atoms. The van der Waals surface area contributed by atoms with Crippen molar-refractivity contribution in [2.45, 2.75) is 25.9 Å². The highest BCUT2D eigenvalue weighted by Crippen LogP contribution is 2.16. The van der Waals surface area contributed by atoms with Gasteiger partial charge in [0.05, 0.1) is 0 Å². The van der Waals surface area contributed by atoms with Gasteiger partial charge in [-0.3, -0.25) is 4.79 Å². The van der Waals surface area contributed by atoms with Crippen molar-refractivity contribution in [3.8, 4) is 0 Å². The number of rotatable bonds is 3. The van der Waals surface area contributed by atoms with Crippen molar-refractivity contribution in [1.29, 1.82) is 0 Å². The highest BCUT2D eigenvalue weighted by Gasteiger charge is 2.15. The van der Waals surface area contributed by atoms with Crippen molar-refractivity contribution in [3.63, 3.8) is 0 Å². The molecule has 0 aliphatic carbocycles. The smallest absolute Gasteiger partial charge is 0.150 e. The van der Waals surface area contributed by atoms with Crippen molar-refractivity contribution in [2.75, 3.05) is 0 Å². The largest absolute Gasteiger partial charge is 0.298 e. The van der Waals surface area contributed by atoms with Gasteiger partial charge in [-0.1, -0.05) is 18.2 Å². The molecule has 0 aromatic heterocycles. The summed E-state index contributed by atoms with van der Waals surface area (Å²) >= 11 is 0. The highest BCUT2D eigenvalue weighted by molar-refractivity contribution is 5.74. The van der Waals surface area contributed by atoms with Gasteiger partial charge in [0.25, 0.3) is 0 Å². The molecule has 0 spiro atoms. The predicted octanol–water partition coefficient (Wildman–Crippen LogP) is 2.79. The molecule has 1 aromatic rings. The van der Waals surface area contributed by atoms with Gasteiger partial charge in [-0.25, -0.2) is 4.39 Å². The Morgan fingerprint density at radius 1 is 1.46 bits per heavy atom. The van der Waals surface area contributed by atoms with E-state index in [0.29, 0.717) is 12.0 Å². The molecule has 0 bridgehead atoms. The Hall–Kier alpha value is -1.18. The number of benzene rings is 1. The predicted molar refractivity (Wildman–Crippen MR) is 50.7 cm³/mol. The maximum Gasteiger partial charge on any atom is 0.150 e. The van der Waals surface area contributed by atoms with Crippen molar-refractivity contribution < 1.29 is 9.18 Å². The van der Waals surface area contributed by atoms with E-state index in [1.54, 1.807) is 18.2 Å². The van der Waals surface area contributed by atoms with Crippen LogP contribution in [0.2, 0.25) is 0 Å². The van der Waals surface area contributed by atoms with Gasteiger partial charge in [-0.15, -0.1) is 0 Å². The second-order valence-corrected chi connectivity index (χ2v) is 3.76. The molecule has 0 heterocycles. The fraction of sp³-hybridized carbons (Fsp3) is 0.364. The van der Waals surface area contributed by atoms with E-state index in [2.05, 4.69) is 0 Å². The van der Waals surface area contributed by atoms with Crippen LogP contribution >= 0.6 is 0 Å². The third-order valence-electron chi connectivity index (χ3n) is 1.71. The summed E-state index contributed by atoms with van der Waals surface area (Å²) in [6.45, 7) is 3.06. The molecule has 0 amide bonds. The summed E-state index contributed by atoms with van der Waals surface area (Å²) in [5.41, 5.74) is 0.237. The van der Waals surface area contributed by atoms with Gasteiger partial charge >= 0.3 is 0 Å². The topological polar surface area (TPSA) is 17.1 Å². The fourth-order valence-electron chi connectivity index (χ4n) is 1.26. The quantitative estimate of drug-likeness (QED) is 0.654. The maximum atomic E-state index is 13.2. The molecule has 0 fully saturated rings. The van der Waals surface area contributed by atoms with Crippen molar-refractivity contribution in [2.24, 2.45) is 0 Å². The number of hydrogen-bond acceptors (Lipinski definition) is 1. The minimum Gasteiger partial charge on any atom is -0.298 e. The molecule has 1 rings (SSSR count). The van der Waals surface area contributed by atoms with Gasteiger partial charge in [0.2, 0.25) is 0 Å². The Morgan fingerprint density at radius 2 is 2.15 bits per heavy atom. The van der Waals surface area contributed by atoms with E-state index in [9.17, 15) is 9.18 Å². The Morgan fingerprint density at radius 3 is 2.69 bits per heavy atom. The van der Waals surface area contributed by atoms with Crippen LogP contribution in [0.3, 0.4) is 0 Å². The van der Waals surface area contributed by atoms with Gasteiger partial charge in [0.15, 0.2) is 0 Å². The first-order valence-electron chi connectivity index (χ1n) is 4.24. The molecule has 1 aromatic carbocycles. The van der Waals surface area contributed by atoms with Gasteiger partial charge in [-0.05, 0) is 25.5 Å². The van der Waals surface area contributed by atoms with E-state index in [1.807, 2.05) is 6.07 Å². The molecule has 0 unspecified atom stereocenters. The van der Waals surface area contributed by atoms with Crippen LogP contribution < -0.4 is 0 Å². The minimum absolute atomic E-state index is 0.342. The first kappa shape index (κ1) is 9.90. The lowest BCUT2D eigenvalue weighted by molar-refractivity contribution is 0.112. The highest BCUT2D eigenvalue weighted by atomic mass is 19.1. The van der Waals surface area contributed by atoms with E-state index < -0.39 is 5.67 Å². The number of aldehydes is 1. The molecule has 0 aliphatic rings. The van der Waals surface area contributed by atoms with Gasteiger partial charge in [-0.2, -0.15) is 0 Å². The van der Waals surface area contributed by atoms with Crippen LogP contribution in [0.1, 0.15) is 29.8 Å². The Kier molecular flexibility index (Phi) is 2.81. The van der Waals surface area contributed by atoms with Crippen molar-refractivity contribution in [3.05, 3.63) is 35.4 Å².